The number of carboxylic acid groups (broad SMARTS) is 1. The van der Waals surface area contributed by atoms with Gasteiger partial charge >= 0.3 is 5.97 Å². The molecule has 14 heavy (non-hydrogen) atoms. The number of amides is 1. The normalized spacial score (nSPS) is 10.0. The molecule has 0 aromatic carbocycles. The Bertz CT molecular complexity index is 351. The second-order valence-electron chi connectivity index (χ2n) is 2.39. The highest BCUT2D eigenvalue weighted by molar-refractivity contribution is 7.99. The number of aliphatic carboxylic acids is 1. The van der Waals surface area contributed by atoms with Gasteiger partial charge in [-0.05, 0) is 0 Å². The van der Waals surface area contributed by atoms with Crippen LogP contribution in [0.1, 0.15) is 0 Å². The number of carboxylic acids is 1. The molecule has 0 aliphatic heterocycles. The third-order valence-corrected chi connectivity index (χ3v) is 2.20. The first-order valence-corrected chi connectivity index (χ1v) is 4.59. The summed E-state index contributed by atoms with van der Waals surface area (Å²) in [6.07, 6.45) is 1.33. The zero-order valence-electron chi connectivity index (χ0n) is 7.08. The van der Waals surface area contributed by atoms with E-state index < -0.39 is 11.9 Å². The topological polar surface area (TPSA) is 111 Å². The minimum atomic E-state index is -0.955. The van der Waals surface area contributed by atoms with Crippen LogP contribution in [-0.4, -0.2) is 37.5 Å². The molecule has 0 unspecified atom stereocenters. The Labute approximate surface area is 83.3 Å². The summed E-state index contributed by atoms with van der Waals surface area (Å²) in [6, 6.07) is 0. The number of carbonyl (C=O) groups is 2. The second kappa shape index (κ2) is 4.61. The maximum absolute atomic E-state index is 10.6. The molecular formula is C6H8N4O3S. The molecule has 0 fully saturated rings. The van der Waals surface area contributed by atoms with Gasteiger partial charge in [-0.2, -0.15) is 0 Å². The lowest BCUT2D eigenvalue weighted by Gasteiger charge is -2.00. The first-order chi connectivity index (χ1) is 6.59. The molecule has 1 aromatic heterocycles. The Kier molecular flexibility index (Phi) is 3.46. The molecule has 1 rings (SSSR count). The summed E-state index contributed by atoms with van der Waals surface area (Å²) >= 11 is 0.986. The van der Waals surface area contributed by atoms with Crippen LogP contribution in [0.3, 0.4) is 0 Å². The summed E-state index contributed by atoms with van der Waals surface area (Å²) in [5.41, 5.74) is 4.97. The monoisotopic (exact) mass is 216 g/mol. The fourth-order valence-corrected chi connectivity index (χ4v) is 1.39. The molecule has 0 spiro atoms. The van der Waals surface area contributed by atoms with Crippen molar-refractivity contribution in [2.45, 2.75) is 11.7 Å². The van der Waals surface area contributed by atoms with Crippen molar-refractivity contribution in [1.29, 1.82) is 0 Å². The van der Waals surface area contributed by atoms with Gasteiger partial charge in [-0.1, -0.05) is 11.8 Å². The lowest BCUT2D eigenvalue weighted by Crippen LogP contribution is -2.18. The van der Waals surface area contributed by atoms with Gasteiger partial charge in [0, 0.05) is 0 Å². The van der Waals surface area contributed by atoms with Crippen molar-refractivity contribution in [3.8, 4) is 0 Å². The highest BCUT2D eigenvalue weighted by atomic mass is 32.2. The lowest BCUT2D eigenvalue weighted by molar-refractivity contribution is -0.133. The van der Waals surface area contributed by atoms with Gasteiger partial charge in [0.15, 0.2) is 5.16 Å². The number of aromatic nitrogens is 3. The molecule has 0 saturated carbocycles. The highest BCUT2D eigenvalue weighted by Crippen LogP contribution is 2.13. The highest BCUT2D eigenvalue weighted by Gasteiger charge is 2.08. The summed E-state index contributed by atoms with van der Waals surface area (Å²) in [5, 5.41) is 16.0. The van der Waals surface area contributed by atoms with Crippen LogP contribution in [0.4, 0.5) is 0 Å². The Morgan fingerprint density at radius 3 is 2.93 bits per heavy atom. The van der Waals surface area contributed by atoms with E-state index in [-0.39, 0.29) is 12.3 Å². The van der Waals surface area contributed by atoms with E-state index in [2.05, 4.69) is 10.2 Å². The molecule has 7 nitrogen and oxygen atoms in total. The van der Waals surface area contributed by atoms with Gasteiger partial charge in [0.1, 0.15) is 12.9 Å². The van der Waals surface area contributed by atoms with Gasteiger partial charge in [0.25, 0.3) is 0 Å². The third-order valence-electron chi connectivity index (χ3n) is 1.23. The standard InChI is InChI=1S/C6H8N4O3S/c7-4(11)1-10-3-8-9-6(10)14-2-5(12)13/h3H,1-2H2,(H2,7,11)(H,12,13). The Morgan fingerprint density at radius 2 is 2.36 bits per heavy atom. The van der Waals surface area contributed by atoms with Crippen molar-refractivity contribution in [3.63, 3.8) is 0 Å². The maximum atomic E-state index is 10.6. The number of rotatable bonds is 5. The second-order valence-corrected chi connectivity index (χ2v) is 3.33. The maximum Gasteiger partial charge on any atom is 0.313 e. The SMILES string of the molecule is NC(=O)Cn1cnnc1SCC(=O)O. The van der Waals surface area contributed by atoms with Gasteiger partial charge in [-0.15, -0.1) is 10.2 Å². The van der Waals surface area contributed by atoms with Crippen LogP contribution in [-0.2, 0) is 16.1 Å². The van der Waals surface area contributed by atoms with Gasteiger partial charge in [0.2, 0.25) is 5.91 Å². The molecule has 3 N–H and O–H groups in total. The van der Waals surface area contributed by atoms with E-state index in [1.165, 1.54) is 10.9 Å². The van der Waals surface area contributed by atoms with Crippen molar-refractivity contribution in [2.24, 2.45) is 5.73 Å². The average molecular weight is 216 g/mol. The molecule has 0 radical (unpaired) electrons. The number of primary amides is 1. The zero-order valence-corrected chi connectivity index (χ0v) is 7.90. The molecule has 1 heterocycles. The van der Waals surface area contributed by atoms with Crippen LogP contribution < -0.4 is 5.73 Å². The lowest BCUT2D eigenvalue weighted by atomic mass is 10.6. The average Bonchev–Trinajstić information content (AvgIpc) is 2.47. The predicted molar refractivity (Wildman–Crippen MR) is 47.6 cm³/mol. The number of hydrogen-bond donors (Lipinski definition) is 2. The van der Waals surface area contributed by atoms with Crippen LogP contribution in [0, 0.1) is 0 Å². The smallest absolute Gasteiger partial charge is 0.313 e. The predicted octanol–water partition coefficient (Wildman–Crippen LogP) is -1.06. The quantitative estimate of drug-likeness (QED) is 0.607. The minimum Gasteiger partial charge on any atom is -0.481 e. The van der Waals surface area contributed by atoms with Crippen molar-refractivity contribution < 1.29 is 14.7 Å². The van der Waals surface area contributed by atoms with Gasteiger partial charge in [-0.25, -0.2) is 0 Å². The number of hydrogen-bond acceptors (Lipinski definition) is 5. The Hall–Kier alpha value is -1.57. The Morgan fingerprint density at radius 1 is 1.64 bits per heavy atom. The molecule has 1 amide bonds. The molecule has 8 heteroatoms. The van der Waals surface area contributed by atoms with E-state index in [0.717, 1.165) is 11.8 Å². The number of nitrogens with zero attached hydrogens (tertiary/aromatic N) is 3. The van der Waals surface area contributed by atoms with Crippen molar-refractivity contribution in [3.05, 3.63) is 6.33 Å². The molecule has 0 aliphatic rings. The van der Waals surface area contributed by atoms with Crippen molar-refractivity contribution in [1.82, 2.24) is 14.8 Å². The van der Waals surface area contributed by atoms with Crippen LogP contribution in [0.25, 0.3) is 0 Å². The van der Waals surface area contributed by atoms with Crippen LogP contribution in [0.5, 0.6) is 0 Å². The van der Waals surface area contributed by atoms with Crippen LogP contribution in [0.15, 0.2) is 11.5 Å². The first kappa shape index (κ1) is 10.5. The molecule has 0 bridgehead atoms. The summed E-state index contributed by atoms with van der Waals surface area (Å²) in [6.45, 7) is -0.0467. The number of carbonyl (C=O) groups excluding carboxylic acids is 1. The van der Waals surface area contributed by atoms with E-state index in [1.807, 2.05) is 0 Å². The van der Waals surface area contributed by atoms with Gasteiger partial charge in [0.05, 0.1) is 5.75 Å². The molecule has 0 atom stereocenters. The number of thioether (sulfide) groups is 1. The summed E-state index contributed by atoms with van der Waals surface area (Å²) in [5.74, 6) is -1.61. The fourth-order valence-electron chi connectivity index (χ4n) is 0.759. The fraction of sp³-hybridized carbons (Fsp3) is 0.333. The van der Waals surface area contributed by atoms with Crippen LogP contribution >= 0.6 is 11.8 Å². The van der Waals surface area contributed by atoms with E-state index in [4.69, 9.17) is 10.8 Å². The summed E-state index contributed by atoms with van der Waals surface area (Å²) in [4.78, 5) is 20.8. The molecular weight excluding hydrogens is 208 g/mol. The largest absolute Gasteiger partial charge is 0.481 e. The zero-order chi connectivity index (χ0) is 10.6. The van der Waals surface area contributed by atoms with Crippen molar-refractivity contribution >= 4 is 23.6 Å². The van der Waals surface area contributed by atoms with E-state index >= 15 is 0 Å². The third kappa shape index (κ3) is 3.05. The summed E-state index contributed by atoms with van der Waals surface area (Å²) in [7, 11) is 0. The molecule has 0 aliphatic carbocycles. The van der Waals surface area contributed by atoms with E-state index in [1.54, 1.807) is 0 Å². The number of nitrogens with two attached hydrogens (primary N) is 1. The Balaban J connectivity index is 2.62. The summed E-state index contributed by atoms with van der Waals surface area (Å²) < 4.78 is 1.40. The van der Waals surface area contributed by atoms with E-state index in [9.17, 15) is 9.59 Å². The van der Waals surface area contributed by atoms with E-state index in [0.29, 0.717) is 5.16 Å². The van der Waals surface area contributed by atoms with Crippen molar-refractivity contribution in [2.75, 3.05) is 5.75 Å². The van der Waals surface area contributed by atoms with Crippen LogP contribution in [0.2, 0.25) is 0 Å². The molecule has 1 aromatic rings. The minimum absolute atomic E-state index is 0.0467. The van der Waals surface area contributed by atoms with Gasteiger partial charge in [-0.3, -0.25) is 14.2 Å². The first-order valence-electron chi connectivity index (χ1n) is 3.60. The molecule has 76 valence electrons. The molecule has 0 saturated heterocycles. The van der Waals surface area contributed by atoms with Gasteiger partial charge < -0.3 is 10.8 Å².